The quantitative estimate of drug-likeness (QED) is 0.0427. The molecule has 0 radical (unpaired) electrons. The van der Waals surface area contributed by atoms with E-state index in [1.807, 2.05) is 6.92 Å². The summed E-state index contributed by atoms with van der Waals surface area (Å²) in [5.41, 5.74) is -1.78. The van der Waals surface area contributed by atoms with Gasteiger partial charge in [-0.15, -0.1) is 0 Å². The summed E-state index contributed by atoms with van der Waals surface area (Å²) in [5, 5.41) is 243. The molecule has 0 aliphatic rings. The average molecular weight is 957 g/mol. The Morgan fingerprint density at radius 1 is 0.286 bits per heavy atom. The third-order valence-corrected chi connectivity index (χ3v) is 7.38. The van der Waals surface area contributed by atoms with Crippen LogP contribution in [0, 0.1) is 10.8 Å². The Hall–Kier alpha value is -1.16. The third kappa shape index (κ3) is 48.6. The Balaban J connectivity index is -0.0000000932. The summed E-state index contributed by atoms with van der Waals surface area (Å²) in [5.74, 6) is 0. The van der Waals surface area contributed by atoms with Crippen molar-refractivity contribution in [3.05, 3.63) is 0 Å². The van der Waals surface area contributed by atoms with Crippen LogP contribution in [0.3, 0.4) is 0 Å². The van der Waals surface area contributed by atoms with E-state index < -0.39 is 144 Å². The lowest BCUT2D eigenvalue weighted by atomic mass is 9.88. The van der Waals surface area contributed by atoms with Crippen LogP contribution >= 0.6 is 0 Å². The molecule has 0 spiro atoms. The predicted octanol–water partition coefficient (Wildman–Crippen LogP) is -14.9. The molecule has 0 saturated heterocycles. The molecule has 29 heteroatoms. The summed E-state index contributed by atoms with van der Waals surface area (Å²) in [6.45, 7) is -3.65. The van der Waals surface area contributed by atoms with E-state index in [1.54, 1.807) is 0 Å². The fourth-order valence-corrected chi connectivity index (χ4v) is 2.23. The van der Waals surface area contributed by atoms with Crippen molar-refractivity contribution in [2.24, 2.45) is 10.8 Å². The lowest BCUT2D eigenvalue weighted by Crippen LogP contribution is -2.46. The summed E-state index contributed by atoms with van der Waals surface area (Å²) in [6, 6.07) is 0. The van der Waals surface area contributed by atoms with Gasteiger partial charge in [0.1, 0.15) is 61.0 Å². The second kappa shape index (κ2) is 55.2. The Morgan fingerprint density at radius 2 is 0.492 bits per heavy atom. The Labute approximate surface area is 365 Å². The first-order chi connectivity index (χ1) is 29.4. The predicted molar refractivity (Wildman–Crippen MR) is 214 cm³/mol. The van der Waals surface area contributed by atoms with Gasteiger partial charge in [0.25, 0.3) is 0 Å². The van der Waals surface area contributed by atoms with Crippen LogP contribution in [-0.2, 0) is 0 Å². The summed E-state index contributed by atoms with van der Waals surface area (Å²) in [7, 11) is 0. The van der Waals surface area contributed by atoms with Gasteiger partial charge < -0.3 is 148 Å². The summed E-state index contributed by atoms with van der Waals surface area (Å²) in [4.78, 5) is 0. The first-order valence-electron chi connectivity index (χ1n) is 18.8. The molecule has 0 rings (SSSR count). The fraction of sp³-hybridized carbons (Fsp3) is 1.00. The molecule has 0 fully saturated rings. The second-order valence-corrected chi connectivity index (χ2v) is 12.9. The lowest BCUT2D eigenvalue weighted by Gasteiger charge is -2.24. The molecule has 0 aromatic rings. The molecule has 394 valence electrons. The zero-order valence-electron chi connectivity index (χ0n) is 35.8. The number of rotatable bonds is 24. The molecule has 9 atom stereocenters. The number of hydrogen-bond donors (Lipinski definition) is 29. The average Bonchev–Trinajstić information content (AvgIpc) is 3.34. The summed E-state index contributed by atoms with van der Waals surface area (Å²) in [6.07, 6.45) is -14.0. The topological polar surface area (TPSA) is 587 Å². The first kappa shape index (κ1) is 79.0. The highest BCUT2D eigenvalue weighted by molar-refractivity contribution is 4.80. The van der Waals surface area contributed by atoms with Gasteiger partial charge in [-0.3, -0.25) is 0 Å². The molecule has 0 aliphatic carbocycles. The van der Waals surface area contributed by atoms with Crippen LogP contribution in [0.1, 0.15) is 20.3 Å². The standard InChI is InChI=1S/C6H14O6.C6H14O3.C5H12O5.C5H12O4.C4H10O4.C3H8O3.C3H8O2.C2H6O2/c7-1-3(9)5(11)6(12)4(10)2-8;1-2-6(3-7,4-8)5-9;6-1-3(8)5(10)4(9)2-7;6-1-5(2-7,3-8)4-9;5-1-3(7)4(8)2-6;4-1-3(6)2-5;1-3(5)2-4;3-1-2-4/h3-12H,1-2H2;7-9H,2-5H2,1H3;3-10H,1-2H2;6-9H,1-4H2;3-8H,1-2H2;3-6H,1-2H2;3-5H,2H2,1H3;3-4H,1-2H2. The van der Waals surface area contributed by atoms with E-state index >= 15 is 0 Å². The van der Waals surface area contributed by atoms with Crippen LogP contribution in [0.4, 0.5) is 0 Å². The van der Waals surface area contributed by atoms with Crippen molar-refractivity contribution in [3.63, 3.8) is 0 Å². The van der Waals surface area contributed by atoms with Crippen molar-refractivity contribution in [1.82, 2.24) is 0 Å². The summed E-state index contributed by atoms with van der Waals surface area (Å²) < 4.78 is 0. The van der Waals surface area contributed by atoms with Gasteiger partial charge in [0.05, 0.1) is 130 Å². The van der Waals surface area contributed by atoms with Crippen LogP contribution in [0.15, 0.2) is 0 Å². The van der Waals surface area contributed by atoms with Crippen molar-refractivity contribution in [2.75, 3.05) is 119 Å². The molecular weight excluding hydrogens is 872 g/mol. The van der Waals surface area contributed by atoms with Crippen LogP contribution in [-0.4, -0.2) is 334 Å². The van der Waals surface area contributed by atoms with Gasteiger partial charge in [0, 0.05) is 5.41 Å². The van der Waals surface area contributed by atoms with E-state index in [1.165, 1.54) is 6.92 Å². The molecule has 29 N–H and O–H groups in total. The van der Waals surface area contributed by atoms with E-state index in [2.05, 4.69) is 0 Å². The van der Waals surface area contributed by atoms with Gasteiger partial charge in [-0.05, 0) is 13.3 Å². The van der Waals surface area contributed by atoms with E-state index in [4.69, 9.17) is 148 Å². The van der Waals surface area contributed by atoms with E-state index in [0.29, 0.717) is 6.42 Å². The maximum Gasteiger partial charge on any atom is 0.111 e. The second-order valence-electron chi connectivity index (χ2n) is 12.9. The molecule has 0 amide bonds. The monoisotopic (exact) mass is 957 g/mol. The molecule has 9 unspecified atom stereocenters. The van der Waals surface area contributed by atoms with E-state index in [9.17, 15) is 0 Å². The molecule has 0 aromatic heterocycles. The van der Waals surface area contributed by atoms with Gasteiger partial charge in [-0.2, -0.15) is 0 Å². The third-order valence-electron chi connectivity index (χ3n) is 7.38. The van der Waals surface area contributed by atoms with Crippen LogP contribution < -0.4 is 0 Å². The number of hydrogen-bond acceptors (Lipinski definition) is 29. The largest absolute Gasteiger partial charge is 0.396 e. The minimum absolute atomic E-state index is 0.125. The molecule has 29 nitrogen and oxygen atoms in total. The van der Waals surface area contributed by atoms with Gasteiger partial charge in [0.2, 0.25) is 0 Å². The van der Waals surface area contributed by atoms with Crippen molar-refractivity contribution in [1.29, 1.82) is 0 Å². The molecular formula is C34H84O29. The highest BCUT2D eigenvalue weighted by Crippen LogP contribution is 2.18. The van der Waals surface area contributed by atoms with Crippen molar-refractivity contribution < 1.29 is 148 Å². The number of aliphatic hydroxyl groups excluding tert-OH is 29. The molecule has 0 bridgehead atoms. The maximum absolute atomic E-state index is 8.96. The highest BCUT2D eigenvalue weighted by atomic mass is 16.4. The lowest BCUT2D eigenvalue weighted by molar-refractivity contribution is -0.123. The Bertz CT molecular complexity index is 724. The highest BCUT2D eigenvalue weighted by Gasteiger charge is 2.29. The minimum Gasteiger partial charge on any atom is -0.396 e. The Morgan fingerprint density at radius 3 is 0.571 bits per heavy atom. The Kier molecular flexibility index (Phi) is 69.2. The molecule has 0 aliphatic heterocycles. The van der Waals surface area contributed by atoms with Gasteiger partial charge >= 0.3 is 0 Å². The van der Waals surface area contributed by atoms with E-state index in [0.717, 1.165) is 0 Å². The van der Waals surface area contributed by atoms with Crippen LogP contribution in [0.25, 0.3) is 0 Å². The van der Waals surface area contributed by atoms with Crippen molar-refractivity contribution in [2.45, 2.75) is 87.4 Å². The molecule has 63 heavy (non-hydrogen) atoms. The SMILES string of the molecule is CC(O)CO.CCC(CO)(CO)CO.OCC(CO)(CO)CO.OCC(O)C(O)C(O)C(O)CO.OCC(O)C(O)C(O)CO.OCC(O)C(O)CO.OCC(O)CO.OCCO. The normalized spacial score (nSPS) is 15.6. The smallest absolute Gasteiger partial charge is 0.111 e. The fourth-order valence-electron chi connectivity index (χ4n) is 2.23. The molecule has 0 saturated carbocycles. The van der Waals surface area contributed by atoms with Crippen LogP contribution in [0.2, 0.25) is 0 Å². The molecule has 0 heterocycles. The van der Waals surface area contributed by atoms with E-state index in [-0.39, 0.29) is 52.9 Å². The van der Waals surface area contributed by atoms with Crippen LogP contribution in [0.5, 0.6) is 0 Å². The van der Waals surface area contributed by atoms with Gasteiger partial charge in [-0.25, -0.2) is 0 Å². The zero-order valence-corrected chi connectivity index (χ0v) is 35.8. The first-order valence-corrected chi connectivity index (χ1v) is 18.8. The number of aliphatic hydroxyl groups is 29. The van der Waals surface area contributed by atoms with Gasteiger partial charge in [0.15, 0.2) is 0 Å². The molecule has 0 aromatic carbocycles. The van der Waals surface area contributed by atoms with Crippen molar-refractivity contribution >= 4 is 0 Å². The van der Waals surface area contributed by atoms with Crippen molar-refractivity contribution in [3.8, 4) is 0 Å². The van der Waals surface area contributed by atoms with Gasteiger partial charge in [-0.1, -0.05) is 6.92 Å². The zero-order chi connectivity index (χ0) is 51.8. The minimum atomic E-state index is -1.67. The maximum atomic E-state index is 8.96. The summed E-state index contributed by atoms with van der Waals surface area (Å²) >= 11 is 0.